The standard InChI is InChI=1S/C12H23NO2/c1-12(2,3)15-9-11(14)13-8-4-5-10-6-7-10/h10H,4-9H2,1-3H3,(H,13,14). The van der Waals surface area contributed by atoms with Crippen LogP contribution in [0.4, 0.5) is 0 Å². The molecule has 3 heteroatoms. The molecule has 0 aromatic rings. The molecule has 88 valence electrons. The van der Waals surface area contributed by atoms with Crippen LogP contribution in [0.15, 0.2) is 0 Å². The normalized spacial score (nSPS) is 16.5. The third kappa shape index (κ3) is 7.37. The van der Waals surface area contributed by atoms with E-state index >= 15 is 0 Å². The molecule has 1 saturated carbocycles. The first-order chi connectivity index (χ1) is 6.97. The second-order valence-corrected chi connectivity index (χ2v) is 5.34. The van der Waals surface area contributed by atoms with Crippen LogP contribution >= 0.6 is 0 Å². The van der Waals surface area contributed by atoms with Gasteiger partial charge in [-0.3, -0.25) is 4.79 Å². The third-order valence-electron chi connectivity index (χ3n) is 2.44. The van der Waals surface area contributed by atoms with Crippen LogP contribution in [0.5, 0.6) is 0 Å². The predicted octanol–water partition coefficient (Wildman–Crippen LogP) is 2.11. The van der Waals surface area contributed by atoms with Crippen molar-refractivity contribution in [2.75, 3.05) is 13.2 Å². The van der Waals surface area contributed by atoms with Crippen molar-refractivity contribution in [3.05, 3.63) is 0 Å². The number of hydrogen-bond donors (Lipinski definition) is 1. The van der Waals surface area contributed by atoms with Gasteiger partial charge in [0.2, 0.25) is 5.91 Å². The van der Waals surface area contributed by atoms with E-state index < -0.39 is 0 Å². The lowest BCUT2D eigenvalue weighted by molar-refractivity contribution is -0.130. The fraction of sp³-hybridized carbons (Fsp3) is 0.917. The topological polar surface area (TPSA) is 38.3 Å². The van der Waals surface area contributed by atoms with Crippen LogP contribution in [0.2, 0.25) is 0 Å². The first-order valence-electron chi connectivity index (χ1n) is 5.88. The lowest BCUT2D eigenvalue weighted by Gasteiger charge is -2.18. The second-order valence-electron chi connectivity index (χ2n) is 5.34. The minimum absolute atomic E-state index is 0.000668. The van der Waals surface area contributed by atoms with Crippen molar-refractivity contribution < 1.29 is 9.53 Å². The van der Waals surface area contributed by atoms with Gasteiger partial charge in [-0.15, -0.1) is 0 Å². The molecular weight excluding hydrogens is 190 g/mol. The summed E-state index contributed by atoms with van der Waals surface area (Å²) in [5.41, 5.74) is -0.231. The number of carbonyl (C=O) groups excluding carboxylic acids is 1. The zero-order valence-electron chi connectivity index (χ0n) is 10.1. The lowest BCUT2D eigenvalue weighted by Crippen LogP contribution is -2.32. The highest BCUT2D eigenvalue weighted by Gasteiger charge is 2.20. The van der Waals surface area contributed by atoms with Gasteiger partial charge in [0.05, 0.1) is 5.60 Å². The Hall–Kier alpha value is -0.570. The van der Waals surface area contributed by atoms with Gasteiger partial charge in [-0.05, 0) is 39.5 Å². The van der Waals surface area contributed by atoms with Crippen molar-refractivity contribution in [2.24, 2.45) is 5.92 Å². The number of ether oxygens (including phenoxy) is 1. The first kappa shape index (κ1) is 12.5. The van der Waals surface area contributed by atoms with E-state index in [1.807, 2.05) is 20.8 Å². The van der Waals surface area contributed by atoms with Crippen LogP contribution < -0.4 is 5.32 Å². The minimum atomic E-state index is -0.231. The largest absolute Gasteiger partial charge is 0.366 e. The predicted molar refractivity (Wildman–Crippen MR) is 60.7 cm³/mol. The van der Waals surface area contributed by atoms with E-state index in [-0.39, 0.29) is 18.1 Å². The van der Waals surface area contributed by atoms with Gasteiger partial charge in [-0.25, -0.2) is 0 Å². The molecule has 0 aromatic carbocycles. The Bertz CT molecular complexity index is 204. The number of hydrogen-bond acceptors (Lipinski definition) is 2. The Morgan fingerprint density at radius 2 is 2.07 bits per heavy atom. The number of nitrogens with one attached hydrogen (secondary N) is 1. The van der Waals surface area contributed by atoms with E-state index in [9.17, 15) is 4.79 Å². The number of carbonyl (C=O) groups is 1. The fourth-order valence-corrected chi connectivity index (χ4v) is 1.36. The van der Waals surface area contributed by atoms with E-state index in [2.05, 4.69) is 5.32 Å². The molecule has 1 N–H and O–H groups in total. The van der Waals surface area contributed by atoms with Gasteiger partial charge in [0.1, 0.15) is 6.61 Å². The molecule has 1 amide bonds. The van der Waals surface area contributed by atoms with E-state index in [0.717, 1.165) is 18.9 Å². The summed E-state index contributed by atoms with van der Waals surface area (Å²) in [6, 6.07) is 0. The summed E-state index contributed by atoms with van der Waals surface area (Å²) in [7, 11) is 0. The van der Waals surface area contributed by atoms with Crippen LogP contribution in [0.25, 0.3) is 0 Å². The highest BCUT2D eigenvalue weighted by Crippen LogP contribution is 2.33. The van der Waals surface area contributed by atoms with Gasteiger partial charge in [0.15, 0.2) is 0 Å². The average Bonchev–Trinajstić information content (AvgIpc) is 2.91. The minimum Gasteiger partial charge on any atom is -0.366 e. The van der Waals surface area contributed by atoms with Crippen LogP contribution in [-0.2, 0) is 9.53 Å². The molecule has 0 spiro atoms. The molecular formula is C12H23NO2. The third-order valence-corrected chi connectivity index (χ3v) is 2.44. The van der Waals surface area contributed by atoms with Crippen molar-refractivity contribution in [3.8, 4) is 0 Å². The van der Waals surface area contributed by atoms with Gasteiger partial charge in [0, 0.05) is 6.54 Å². The molecule has 1 rings (SSSR count). The van der Waals surface area contributed by atoms with Gasteiger partial charge < -0.3 is 10.1 Å². The van der Waals surface area contributed by atoms with Crippen molar-refractivity contribution in [1.29, 1.82) is 0 Å². The van der Waals surface area contributed by atoms with E-state index in [1.54, 1.807) is 0 Å². The van der Waals surface area contributed by atoms with Crippen molar-refractivity contribution in [2.45, 2.75) is 52.1 Å². The van der Waals surface area contributed by atoms with E-state index in [0.29, 0.717) is 0 Å². The molecule has 0 bridgehead atoms. The Labute approximate surface area is 92.6 Å². The monoisotopic (exact) mass is 213 g/mol. The van der Waals surface area contributed by atoms with Crippen LogP contribution in [0, 0.1) is 5.92 Å². The SMILES string of the molecule is CC(C)(C)OCC(=O)NCCCC1CC1. The fourth-order valence-electron chi connectivity index (χ4n) is 1.36. The molecule has 0 saturated heterocycles. The first-order valence-corrected chi connectivity index (χ1v) is 5.88. The molecule has 0 radical (unpaired) electrons. The number of amides is 1. The zero-order chi connectivity index (χ0) is 11.3. The maximum Gasteiger partial charge on any atom is 0.246 e. The van der Waals surface area contributed by atoms with Crippen LogP contribution in [0.3, 0.4) is 0 Å². The van der Waals surface area contributed by atoms with Crippen molar-refractivity contribution in [3.63, 3.8) is 0 Å². The Balaban J connectivity index is 1.93. The maximum absolute atomic E-state index is 11.3. The van der Waals surface area contributed by atoms with E-state index in [1.165, 1.54) is 19.3 Å². The summed E-state index contributed by atoms with van der Waals surface area (Å²) in [4.78, 5) is 11.3. The van der Waals surface area contributed by atoms with Crippen LogP contribution in [0.1, 0.15) is 46.5 Å². The second kappa shape index (κ2) is 5.50. The van der Waals surface area contributed by atoms with Gasteiger partial charge in [-0.2, -0.15) is 0 Å². The molecule has 1 aliphatic rings. The molecule has 1 aliphatic carbocycles. The molecule has 0 heterocycles. The van der Waals surface area contributed by atoms with Gasteiger partial charge in [-0.1, -0.05) is 12.8 Å². The molecule has 0 aromatic heterocycles. The highest BCUT2D eigenvalue weighted by molar-refractivity contribution is 5.77. The Morgan fingerprint density at radius 3 is 2.60 bits per heavy atom. The summed E-state index contributed by atoms with van der Waals surface area (Å²) >= 11 is 0. The summed E-state index contributed by atoms with van der Waals surface area (Å²) < 4.78 is 5.37. The van der Waals surface area contributed by atoms with Crippen molar-refractivity contribution in [1.82, 2.24) is 5.32 Å². The maximum atomic E-state index is 11.3. The summed E-state index contributed by atoms with van der Waals surface area (Å²) in [6.45, 7) is 6.82. The van der Waals surface area contributed by atoms with Gasteiger partial charge >= 0.3 is 0 Å². The summed E-state index contributed by atoms with van der Waals surface area (Å²) in [5.74, 6) is 0.952. The lowest BCUT2D eigenvalue weighted by atomic mass is 10.2. The zero-order valence-corrected chi connectivity index (χ0v) is 10.1. The quantitative estimate of drug-likeness (QED) is 0.686. The van der Waals surface area contributed by atoms with Gasteiger partial charge in [0.25, 0.3) is 0 Å². The van der Waals surface area contributed by atoms with Crippen molar-refractivity contribution >= 4 is 5.91 Å². The highest BCUT2D eigenvalue weighted by atomic mass is 16.5. The Kier molecular flexibility index (Phi) is 4.58. The molecule has 1 fully saturated rings. The molecule has 0 aliphatic heterocycles. The number of rotatable bonds is 6. The molecule has 0 unspecified atom stereocenters. The van der Waals surface area contributed by atoms with Crippen LogP contribution in [-0.4, -0.2) is 24.7 Å². The smallest absolute Gasteiger partial charge is 0.246 e. The molecule has 15 heavy (non-hydrogen) atoms. The average molecular weight is 213 g/mol. The molecule has 3 nitrogen and oxygen atoms in total. The summed E-state index contributed by atoms with van der Waals surface area (Å²) in [6.07, 6.45) is 5.15. The Morgan fingerprint density at radius 1 is 1.40 bits per heavy atom. The van der Waals surface area contributed by atoms with E-state index in [4.69, 9.17) is 4.74 Å². The molecule has 0 atom stereocenters. The summed E-state index contributed by atoms with van der Waals surface area (Å²) in [5, 5.41) is 2.87.